The quantitative estimate of drug-likeness (QED) is 0.483. The van der Waals surface area contributed by atoms with Crippen LogP contribution in [-0.2, 0) is 13.0 Å². The second kappa shape index (κ2) is 9.59. The molecule has 7 nitrogen and oxygen atoms in total. The van der Waals surface area contributed by atoms with Crippen LogP contribution in [0.4, 0.5) is 4.39 Å². The highest BCUT2D eigenvalue weighted by molar-refractivity contribution is 5.79. The Bertz CT molecular complexity index is 925. The maximum Gasteiger partial charge on any atom is 0.276 e. The van der Waals surface area contributed by atoms with Crippen LogP contribution in [0.1, 0.15) is 23.9 Å². The van der Waals surface area contributed by atoms with Crippen molar-refractivity contribution in [3.63, 3.8) is 0 Å². The van der Waals surface area contributed by atoms with Gasteiger partial charge >= 0.3 is 0 Å². The molecule has 0 fully saturated rings. The third-order valence-corrected chi connectivity index (χ3v) is 3.99. The number of aryl methyl sites for hydroxylation is 1. The first kappa shape index (κ1) is 19.5. The summed E-state index contributed by atoms with van der Waals surface area (Å²) in [5.41, 5.74) is 2.09. The van der Waals surface area contributed by atoms with Crippen molar-refractivity contribution in [1.29, 1.82) is 0 Å². The van der Waals surface area contributed by atoms with E-state index in [-0.39, 0.29) is 5.82 Å². The second-order valence-electron chi connectivity index (χ2n) is 6.19. The Labute approximate surface area is 163 Å². The van der Waals surface area contributed by atoms with Gasteiger partial charge in [-0.1, -0.05) is 23.4 Å². The molecule has 0 radical (unpaired) electrons. The molecule has 0 saturated carbocycles. The van der Waals surface area contributed by atoms with Crippen molar-refractivity contribution in [2.24, 2.45) is 4.99 Å². The van der Waals surface area contributed by atoms with Crippen molar-refractivity contribution >= 4 is 5.96 Å². The van der Waals surface area contributed by atoms with Crippen LogP contribution >= 0.6 is 0 Å². The van der Waals surface area contributed by atoms with Crippen LogP contribution in [0, 0.1) is 12.7 Å². The van der Waals surface area contributed by atoms with Crippen LogP contribution in [0.15, 0.2) is 52.1 Å². The van der Waals surface area contributed by atoms with Gasteiger partial charge in [-0.2, -0.15) is 4.98 Å². The summed E-state index contributed by atoms with van der Waals surface area (Å²) < 4.78 is 18.9. The van der Waals surface area contributed by atoms with Crippen LogP contribution in [0.3, 0.4) is 0 Å². The lowest BCUT2D eigenvalue weighted by atomic mass is 10.1. The molecule has 3 rings (SSSR count). The third-order valence-electron chi connectivity index (χ3n) is 3.99. The van der Waals surface area contributed by atoms with E-state index in [0.29, 0.717) is 48.4 Å². The topological polar surface area (TPSA) is 88.2 Å². The van der Waals surface area contributed by atoms with Crippen LogP contribution in [0.2, 0.25) is 0 Å². The van der Waals surface area contributed by atoms with Crippen LogP contribution < -0.4 is 10.6 Å². The minimum atomic E-state index is -0.216. The fourth-order valence-corrected chi connectivity index (χ4v) is 2.49. The molecule has 0 spiro atoms. The number of nitrogens with one attached hydrogen (secondary N) is 2. The SMILES string of the molecule is CCNC(=NCc1ccc(C)c(F)c1)NCCc1noc(-c2ccccn2)n1. The summed E-state index contributed by atoms with van der Waals surface area (Å²) in [6.45, 7) is 5.42. The predicted octanol–water partition coefficient (Wildman–Crippen LogP) is 2.88. The van der Waals surface area contributed by atoms with E-state index in [4.69, 9.17) is 4.52 Å². The molecule has 3 aromatic rings. The zero-order chi connectivity index (χ0) is 19.8. The van der Waals surface area contributed by atoms with E-state index in [1.165, 1.54) is 6.07 Å². The van der Waals surface area contributed by atoms with Gasteiger partial charge < -0.3 is 15.2 Å². The minimum absolute atomic E-state index is 0.216. The van der Waals surface area contributed by atoms with Gasteiger partial charge in [-0.05, 0) is 43.2 Å². The van der Waals surface area contributed by atoms with Crippen LogP contribution in [0.5, 0.6) is 0 Å². The van der Waals surface area contributed by atoms with E-state index >= 15 is 0 Å². The Morgan fingerprint density at radius 1 is 1.21 bits per heavy atom. The average Bonchev–Trinajstić information content (AvgIpc) is 3.18. The first-order valence-electron chi connectivity index (χ1n) is 9.17. The highest BCUT2D eigenvalue weighted by Crippen LogP contribution is 2.13. The summed E-state index contributed by atoms with van der Waals surface area (Å²) in [4.78, 5) is 13.0. The molecule has 0 atom stereocenters. The summed E-state index contributed by atoms with van der Waals surface area (Å²) in [5, 5.41) is 10.4. The van der Waals surface area contributed by atoms with Gasteiger partial charge in [-0.3, -0.25) is 4.98 Å². The zero-order valence-electron chi connectivity index (χ0n) is 15.9. The highest BCUT2D eigenvalue weighted by Gasteiger charge is 2.09. The highest BCUT2D eigenvalue weighted by atomic mass is 19.1. The monoisotopic (exact) mass is 382 g/mol. The van der Waals surface area contributed by atoms with Crippen molar-refractivity contribution in [2.75, 3.05) is 13.1 Å². The van der Waals surface area contributed by atoms with E-state index in [0.717, 1.165) is 12.1 Å². The molecule has 28 heavy (non-hydrogen) atoms. The first-order valence-corrected chi connectivity index (χ1v) is 9.17. The normalized spacial score (nSPS) is 11.5. The molecule has 0 aliphatic carbocycles. The van der Waals surface area contributed by atoms with E-state index in [9.17, 15) is 4.39 Å². The molecule has 146 valence electrons. The molecule has 0 bridgehead atoms. The van der Waals surface area contributed by atoms with E-state index in [1.807, 2.05) is 31.2 Å². The number of rotatable bonds is 7. The summed E-state index contributed by atoms with van der Waals surface area (Å²) in [6, 6.07) is 10.7. The minimum Gasteiger partial charge on any atom is -0.357 e. The molecule has 0 aliphatic rings. The number of nitrogens with zero attached hydrogens (tertiary/aromatic N) is 4. The summed E-state index contributed by atoms with van der Waals surface area (Å²) in [6.07, 6.45) is 2.25. The van der Waals surface area contributed by atoms with Crippen LogP contribution in [0.25, 0.3) is 11.6 Å². The van der Waals surface area contributed by atoms with Gasteiger partial charge in [0.1, 0.15) is 11.5 Å². The third kappa shape index (κ3) is 5.35. The van der Waals surface area contributed by atoms with Gasteiger partial charge in [0.15, 0.2) is 11.8 Å². The molecule has 0 aliphatic heterocycles. The molecule has 2 aromatic heterocycles. The van der Waals surface area contributed by atoms with E-state index < -0.39 is 0 Å². The largest absolute Gasteiger partial charge is 0.357 e. The second-order valence-corrected chi connectivity index (χ2v) is 6.19. The fourth-order valence-electron chi connectivity index (χ4n) is 2.49. The molecule has 0 amide bonds. The van der Waals surface area contributed by atoms with Gasteiger partial charge in [-0.15, -0.1) is 0 Å². The van der Waals surface area contributed by atoms with Crippen LogP contribution in [-0.4, -0.2) is 34.2 Å². The van der Waals surface area contributed by atoms with Crippen molar-refractivity contribution in [3.8, 4) is 11.6 Å². The molecule has 1 aromatic carbocycles. The number of hydrogen-bond acceptors (Lipinski definition) is 5. The first-order chi connectivity index (χ1) is 13.7. The fraction of sp³-hybridized carbons (Fsp3) is 0.300. The summed E-state index contributed by atoms with van der Waals surface area (Å²) in [7, 11) is 0. The molecular formula is C20H23FN6O. The molecular weight excluding hydrogens is 359 g/mol. The Kier molecular flexibility index (Phi) is 6.67. The maximum atomic E-state index is 13.7. The number of aliphatic imine (C=N–C) groups is 1. The van der Waals surface area contributed by atoms with Gasteiger partial charge in [-0.25, -0.2) is 9.38 Å². The lowest BCUT2D eigenvalue weighted by Crippen LogP contribution is -2.38. The van der Waals surface area contributed by atoms with E-state index in [2.05, 4.69) is 30.8 Å². The Balaban J connectivity index is 1.55. The van der Waals surface area contributed by atoms with Crippen molar-refractivity contribution in [3.05, 3.63) is 65.4 Å². The Morgan fingerprint density at radius 2 is 2.11 bits per heavy atom. The molecule has 2 N–H and O–H groups in total. The number of halogens is 1. The zero-order valence-corrected chi connectivity index (χ0v) is 15.9. The molecule has 0 saturated heterocycles. The maximum absolute atomic E-state index is 13.7. The van der Waals surface area contributed by atoms with Crippen molar-refractivity contribution in [1.82, 2.24) is 25.8 Å². The lowest BCUT2D eigenvalue weighted by Gasteiger charge is -2.10. The number of guanidine groups is 1. The number of aromatic nitrogens is 3. The standard InChI is InChI=1S/C20H23FN6O/c1-3-22-20(25-13-15-8-7-14(2)16(21)12-15)24-11-9-18-26-19(28-27-18)17-6-4-5-10-23-17/h4-8,10,12H,3,9,11,13H2,1-2H3,(H2,22,24,25). The summed E-state index contributed by atoms with van der Waals surface area (Å²) in [5.74, 6) is 1.42. The Hall–Kier alpha value is -3.29. The summed E-state index contributed by atoms with van der Waals surface area (Å²) >= 11 is 0. The molecule has 8 heteroatoms. The van der Waals surface area contributed by atoms with Gasteiger partial charge in [0.25, 0.3) is 5.89 Å². The molecule has 2 heterocycles. The number of hydrogen-bond donors (Lipinski definition) is 2. The Morgan fingerprint density at radius 3 is 2.86 bits per heavy atom. The average molecular weight is 382 g/mol. The predicted molar refractivity (Wildman–Crippen MR) is 105 cm³/mol. The smallest absolute Gasteiger partial charge is 0.276 e. The van der Waals surface area contributed by atoms with Gasteiger partial charge in [0.2, 0.25) is 0 Å². The van der Waals surface area contributed by atoms with E-state index in [1.54, 1.807) is 19.2 Å². The van der Waals surface area contributed by atoms with Crippen molar-refractivity contribution in [2.45, 2.75) is 26.8 Å². The number of benzene rings is 1. The lowest BCUT2D eigenvalue weighted by molar-refractivity contribution is 0.421. The molecule has 0 unspecified atom stereocenters. The number of pyridine rings is 1. The van der Waals surface area contributed by atoms with Crippen molar-refractivity contribution < 1.29 is 8.91 Å². The van der Waals surface area contributed by atoms with Gasteiger partial charge in [0.05, 0.1) is 6.54 Å². The van der Waals surface area contributed by atoms with Gasteiger partial charge in [0, 0.05) is 25.7 Å².